The number of aliphatic imine (C=N–C) groups is 1. The second-order valence-corrected chi connectivity index (χ2v) is 7.10. The molecule has 1 unspecified atom stereocenters. The van der Waals surface area contributed by atoms with Gasteiger partial charge in [-0.25, -0.2) is 10.2 Å². The molecule has 7 nitrogen and oxygen atoms in total. The largest absolute Gasteiger partial charge is 0.595 e. The number of ether oxygens (including phenoxy) is 1. The summed E-state index contributed by atoms with van der Waals surface area (Å²) >= 11 is 1.11. The number of nitrogens with zero attached hydrogens (tertiary/aromatic N) is 1. The van der Waals surface area contributed by atoms with Gasteiger partial charge in [0.2, 0.25) is 5.69 Å². The van der Waals surface area contributed by atoms with E-state index in [-0.39, 0.29) is 33.7 Å². The van der Waals surface area contributed by atoms with Gasteiger partial charge in [-0.15, -0.1) is 0 Å². The maximum atomic E-state index is 12.5. The van der Waals surface area contributed by atoms with E-state index in [1.54, 1.807) is 13.0 Å². The molecular weight excluding hydrogens is 390 g/mol. The first kappa shape index (κ1) is 20.8. The summed E-state index contributed by atoms with van der Waals surface area (Å²) in [6.07, 6.45) is 0. The molecule has 0 fully saturated rings. The van der Waals surface area contributed by atoms with E-state index in [0.29, 0.717) is 6.61 Å². The summed E-state index contributed by atoms with van der Waals surface area (Å²) in [5.41, 5.74) is 6.99. The molecule has 0 radical (unpaired) electrons. The minimum absolute atomic E-state index is 0.0416. The number of ketones is 1. The number of nitrogens with one attached hydrogen (secondary N) is 1. The van der Waals surface area contributed by atoms with Gasteiger partial charge in [0.1, 0.15) is 0 Å². The number of carbonyl (C=O) groups is 1. The average molecular weight is 411 g/mol. The molecule has 0 heterocycles. The number of carbonyl (C=O) groups excluding carboxylic acids is 1. The Bertz CT molecular complexity index is 1050. The fourth-order valence-electron chi connectivity index (χ4n) is 2.83. The summed E-state index contributed by atoms with van der Waals surface area (Å²) in [4.78, 5) is 16.9. The Labute approximate surface area is 172 Å². The topological polar surface area (TPSA) is 112 Å². The highest BCUT2D eigenvalue weighted by molar-refractivity contribution is 8.14. The Kier molecular flexibility index (Phi) is 6.84. The van der Waals surface area contributed by atoms with E-state index in [9.17, 15) is 15.2 Å². The fourth-order valence-corrected chi connectivity index (χ4v) is 3.44. The van der Waals surface area contributed by atoms with Crippen LogP contribution in [0.4, 0.5) is 11.4 Å². The molecule has 0 saturated heterocycles. The fraction of sp³-hybridized carbons (Fsp3) is 0.143. The quantitative estimate of drug-likeness (QED) is 0.238. The minimum atomic E-state index is -1.15. The van der Waals surface area contributed by atoms with Gasteiger partial charge < -0.3 is 15.7 Å². The van der Waals surface area contributed by atoms with Crippen LogP contribution in [0.5, 0.6) is 5.75 Å². The van der Waals surface area contributed by atoms with Gasteiger partial charge >= 0.3 is 0 Å². The van der Waals surface area contributed by atoms with E-state index in [0.717, 1.165) is 28.2 Å². The van der Waals surface area contributed by atoms with Crippen LogP contribution in [0.15, 0.2) is 65.7 Å². The second kappa shape index (κ2) is 9.53. The Morgan fingerprint density at radius 1 is 1.21 bits per heavy atom. The van der Waals surface area contributed by atoms with Gasteiger partial charge in [0.25, 0.3) is 0 Å². The van der Waals surface area contributed by atoms with Crippen LogP contribution in [0.25, 0.3) is 10.8 Å². The standard InChI is InChI=1S/C21H21N3O4S/c1-2-28-20-11-10-15(12-18(20)24(26)27)19(25)13-29-21(22)23-17-9-5-7-14-6-3-4-8-16(14)17/h3-12,24,26H,2,13H2,1H3,(H2,22,23). The van der Waals surface area contributed by atoms with Crippen LogP contribution in [0.3, 0.4) is 0 Å². The summed E-state index contributed by atoms with van der Waals surface area (Å²) in [6, 6.07) is 18.0. The lowest BCUT2D eigenvalue weighted by Gasteiger charge is -2.16. The van der Waals surface area contributed by atoms with E-state index in [4.69, 9.17) is 10.5 Å². The number of amidine groups is 1. The van der Waals surface area contributed by atoms with Crippen molar-refractivity contribution in [1.29, 1.82) is 0 Å². The van der Waals surface area contributed by atoms with Crippen LogP contribution in [-0.4, -0.2) is 28.5 Å². The number of thioether (sulfide) groups is 1. The average Bonchev–Trinajstić information content (AvgIpc) is 2.72. The summed E-state index contributed by atoms with van der Waals surface area (Å²) in [6.45, 7) is 2.10. The van der Waals surface area contributed by atoms with Crippen molar-refractivity contribution in [3.63, 3.8) is 0 Å². The first-order valence-corrected chi connectivity index (χ1v) is 9.96. The molecule has 0 aliphatic carbocycles. The Morgan fingerprint density at radius 3 is 2.72 bits per heavy atom. The van der Waals surface area contributed by atoms with Crippen molar-refractivity contribution in [1.82, 2.24) is 0 Å². The first-order chi connectivity index (χ1) is 14.0. The van der Waals surface area contributed by atoms with Crippen molar-refractivity contribution in [2.45, 2.75) is 6.92 Å². The summed E-state index contributed by atoms with van der Waals surface area (Å²) < 4.78 is 5.30. The van der Waals surface area contributed by atoms with Crippen LogP contribution < -0.4 is 15.7 Å². The molecule has 4 N–H and O–H groups in total. The molecule has 0 aliphatic rings. The summed E-state index contributed by atoms with van der Waals surface area (Å²) in [7, 11) is 0. The molecule has 0 aliphatic heterocycles. The predicted molar refractivity (Wildman–Crippen MR) is 115 cm³/mol. The molecule has 3 aromatic rings. The maximum absolute atomic E-state index is 12.5. The van der Waals surface area contributed by atoms with Gasteiger partial charge in [-0.05, 0) is 30.5 Å². The molecule has 0 bridgehead atoms. The molecule has 29 heavy (non-hydrogen) atoms. The monoisotopic (exact) mass is 411 g/mol. The molecule has 0 spiro atoms. The highest BCUT2D eigenvalue weighted by Crippen LogP contribution is 2.27. The van der Waals surface area contributed by atoms with Crippen LogP contribution in [-0.2, 0) is 0 Å². The number of hydrogen-bond acceptors (Lipinski definition) is 6. The van der Waals surface area contributed by atoms with Gasteiger partial charge in [-0.3, -0.25) is 4.79 Å². The first-order valence-electron chi connectivity index (χ1n) is 8.97. The number of nitrogens with two attached hydrogens (primary N) is 1. The lowest BCUT2D eigenvalue weighted by molar-refractivity contribution is -0.991. The third kappa shape index (κ3) is 5.12. The van der Waals surface area contributed by atoms with Gasteiger partial charge in [-0.1, -0.05) is 48.2 Å². The van der Waals surface area contributed by atoms with Crippen molar-refractivity contribution in [2.75, 3.05) is 12.4 Å². The van der Waals surface area contributed by atoms with Gasteiger partial charge in [0.05, 0.1) is 18.0 Å². The SMILES string of the molecule is CCOc1ccc(C(=O)CSC(N)=Nc2cccc3ccccc23)cc1[NH+]([O-])O. The summed E-state index contributed by atoms with van der Waals surface area (Å²) in [5.74, 6) is 0.0468. The normalized spacial score (nSPS) is 12.7. The maximum Gasteiger partial charge on any atom is 0.206 e. The Balaban J connectivity index is 1.73. The molecule has 150 valence electrons. The Hall–Kier alpha value is -2.91. The molecule has 3 aromatic carbocycles. The van der Waals surface area contributed by atoms with Crippen molar-refractivity contribution >= 4 is 44.9 Å². The zero-order valence-corrected chi connectivity index (χ0v) is 16.6. The van der Waals surface area contributed by atoms with Crippen LogP contribution in [0, 0.1) is 5.21 Å². The Morgan fingerprint density at radius 2 is 1.97 bits per heavy atom. The molecule has 8 heteroatoms. The molecule has 0 saturated carbocycles. The van der Waals surface area contributed by atoms with Crippen LogP contribution in [0.2, 0.25) is 0 Å². The van der Waals surface area contributed by atoms with Crippen LogP contribution >= 0.6 is 11.8 Å². The molecule has 3 rings (SSSR count). The van der Waals surface area contributed by atoms with Crippen molar-refractivity contribution in [3.05, 3.63) is 71.4 Å². The molecular formula is C21H21N3O4S. The third-order valence-corrected chi connectivity index (χ3v) is 4.97. The van der Waals surface area contributed by atoms with Crippen molar-refractivity contribution < 1.29 is 20.0 Å². The zero-order chi connectivity index (χ0) is 20.8. The molecule has 1 atom stereocenters. The lowest BCUT2D eigenvalue weighted by Crippen LogP contribution is -2.99. The lowest BCUT2D eigenvalue weighted by atomic mass is 10.1. The highest BCUT2D eigenvalue weighted by atomic mass is 32.2. The zero-order valence-electron chi connectivity index (χ0n) is 15.8. The van der Waals surface area contributed by atoms with E-state index in [1.807, 2.05) is 42.5 Å². The van der Waals surface area contributed by atoms with Crippen LogP contribution in [0.1, 0.15) is 17.3 Å². The van der Waals surface area contributed by atoms with Gasteiger partial charge in [0, 0.05) is 17.0 Å². The van der Waals surface area contributed by atoms with Gasteiger partial charge in [-0.2, -0.15) is 5.23 Å². The smallest absolute Gasteiger partial charge is 0.206 e. The number of hydrogen-bond donors (Lipinski definition) is 3. The number of fused-ring (bicyclic) bond motifs is 1. The predicted octanol–water partition coefficient (Wildman–Crippen LogP) is 3.20. The minimum Gasteiger partial charge on any atom is -0.595 e. The summed E-state index contributed by atoms with van der Waals surface area (Å²) in [5, 5.41) is 21.9. The van der Waals surface area contributed by atoms with E-state index < -0.39 is 5.23 Å². The van der Waals surface area contributed by atoms with E-state index >= 15 is 0 Å². The number of benzene rings is 3. The molecule has 0 amide bonds. The number of Topliss-reactive ketones (excluding diaryl/α,β-unsaturated/α-hetero) is 1. The van der Waals surface area contributed by atoms with Crippen molar-refractivity contribution in [3.8, 4) is 5.75 Å². The molecule has 0 aromatic heterocycles. The van der Waals surface area contributed by atoms with Crippen molar-refractivity contribution in [2.24, 2.45) is 10.7 Å². The van der Waals surface area contributed by atoms with E-state index in [2.05, 4.69) is 4.99 Å². The number of rotatable bonds is 7. The highest BCUT2D eigenvalue weighted by Gasteiger charge is 2.16. The third-order valence-electron chi connectivity index (χ3n) is 4.18. The number of quaternary nitrogens is 1. The van der Waals surface area contributed by atoms with Gasteiger partial charge in [0.15, 0.2) is 16.7 Å². The second-order valence-electron chi connectivity index (χ2n) is 6.11. The van der Waals surface area contributed by atoms with E-state index in [1.165, 1.54) is 12.1 Å².